The van der Waals surface area contributed by atoms with Crippen molar-refractivity contribution >= 4 is 40.1 Å². The number of nitrogens with zero attached hydrogens (tertiary/aromatic N) is 1. The van der Waals surface area contributed by atoms with Gasteiger partial charge in [0, 0.05) is 10.9 Å². The lowest BCUT2D eigenvalue weighted by molar-refractivity contribution is -0.120. The Morgan fingerprint density at radius 1 is 1.00 bits per heavy atom. The molecule has 1 N–H and O–H groups in total. The van der Waals surface area contributed by atoms with Crippen LogP contribution in [0.4, 0.5) is 20.2 Å². The van der Waals surface area contributed by atoms with Gasteiger partial charge in [0.05, 0.1) is 24.1 Å². The number of benzene rings is 2. The lowest BCUT2D eigenvalue weighted by Crippen LogP contribution is -2.33. The number of amides is 2. The second kappa shape index (κ2) is 7.48. The molecule has 2 heterocycles. The molecule has 1 aliphatic heterocycles. The molecule has 2 amide bonds. The Bertz CT molecular complexity index is 1140. The van der Waals surface area contributed by atoms with Crippen LogP contribution < -0.4 is 15.0 Å². The largest absolute Gasteiger partial charge is 0.495 e. The van der Waals surface area contributed by atoms with E-state index in [-0.39, 0.29) is 17.0 Å². The zero-order valence-electron chi connectivity index (χ0n) is 15.1. The highest BCUT2D eigenvalue weighted by Gasteiger charge is 2.42. The van der Waals surface area contributed by atoms with Gasteiger partial charge in [-0.1, -0.05) is 18.2 Å². The van der Waals surface area contributed by atoms with Crippen molar-refractivity contribution in [2.45, 2.75) is 0 Å². The number of ether oxygens (including phenoxy) is 1. The summed E-state index contributed by atoms with van der Waals surface area (Å²) in [6, 6.07) is 13.0. The van der Waals surface area contributed by atoms with E-state index in [1.165, 1.54) is 18.4 Å². The van der Waals surface area contributed by atoms with Crippen LogP contribution in [-0.4, -0.2) is 18.9 Å². The maximum Gasteiger partial charge on any atom is 0.282 e. The normalized spacial score (nSPS) is 14.0. The molecule has 0 radical (unpaired) electrons. The van der Waals surface area contributed by atoms with Crippen LogP contribution in [-0.2, 0) is 9.59 Å². The minimum atomic E-state index is -1.00. The first-order valence-corrected chi connectivity index (χ1v) is 9.41. The van der Waals surface area contributed by atoms with Gasteiger partial charge < -0.3 is 10.1 Å². The monoisotopic (exact) mass is 412 g/mol. The van der Waals surface area contributed by atoms with Crippen molar-refractivity contribution < 1.29 is 23.1 Å². The number of imide groups is 1. The Morgan fingerprint density at radius 3 is 2.48 bits per heavy atom. The first-order valence-electron chi connectivity index (χ1n) is 8.53. The van der Waals surface area contributed by atoms with E-state index in [2.05, 4.69) is 5.32 Å². The smallest absolute Gasteiger partial charge is 0.282 e. The second-order valence-corrected chi connectivity index (χ2v) is 7.04. The molecule has 8 heteroatoms. The lowest BCUT2D eigenvalue weighted by Gasteiger charge is -2.16. The summed E-state index contributed by atoms with van der Waals surface area (Å²) >= 11 is 1.27. The SMILES string of the molecule is COc1ccccc1NC1=C(c2cccs2)C(=O)N(c2ccc(F)cc2F)C1=O. The summed E-state index contributed by atoms with van der Waals surface area (Å²) in [4.78, 5) is 27.5. The number of rotatable bonds is 5. The Morgan fingerprint density at radius 2 is 1.79 bits per heavy atom. The lowest BCUT2D eigenvalue weighted by atomic mass is 10.1. The fraction of sp³-hybridized carbons (Fsp3) is 0.0476. The molecule has 1 aliphatic rings. The molecule has 3 aromatic rings. The Balaban J connectivity index is 1.83. The minimum Gasteiger partial charge on any atom is -0.495 e. The van der Waals surface area contributed by atoms with Gasteiger partial charge in [0.2, 0.25) is 0 Å². The molecule has 146 valence electrons. The standard InChI is InChI=1S/C21H14F2N2O3S/c1-28-16-6-3-2-5-14(16)24-19-18(17-7-4-10-29-17)20(26)25(21(19)27)15-9-8-12(22)11-13(15)23/h2-11,24H,1H3. The highest BCUT2D eigenvalue weighted by Crippen LogP contribution is 2.37. The van der Waals surface area contributed by atoms with Gasteiger partial charge in [-0.3, -0.25) is 9.59 Å². The van der Waals surface area contributed by atoms with Gasteiger partial charge in [-0.2, -0.15) is 0 Å². The van der Waals surface area contributed by atoms with Crippen LogP contribution in [0.1, 0.15) is 4.88 Å². The summed E-state index contributed by atoms with van der Waals surface area (Å²) in [5.41, 5.74) is 0.263. The van der Waals surface area contributed by atoms with Crippen LogP contribution in [0.3, 0.4) is 0 Å². The summed E-state index contributed by atoms with van der Waals surface area (Å²) in [6.07, 6.45) is 0. The number of hydrogen-bond acceptors (Lipinski definition) is 5. The molecule has 5 nitrogen and oxygen atoms in total. The van der Waals surface area contributed by atoms with E-state index < -0.39 is 23.4 Å². The van der Waals surface area contributed by atoms with Crippen molar-refractivity contribution in [3.05, 3.63) is 82.2 Å². The van der Waals surface area contributed by atoms with Crippen molar-refractivity contribution in [1.29, 1.82) is 0 Å². The molecule has 0 atom stereocenters. The number of anilines is 2. The van der Waals surface area contributed by atoms with Crippen LogP contribution in [0.25, 0.3) is 5.57 Å². The summed E-state index contributed by atoms with van der Waals surface area (Å²) < 4.78 is 33.0. The number of para-hydroxylation sites is 2. The van der Waals surface area contributed by atoms with E-state index in [0.717, 1.165) is 12.1 Å². The molecule has 0 saturated heterocycles. The van der Waals surface area contributed by atoms with E-state index >= 15 is 0 Å². The maximum atomic E-state index is 14.3. The number of carbonyl (C=O) groups is 2. The van der Waals surface area contributed by atoms with Crippen LogP contribution in [0, 0.1) is 11.6 Å². The van der Waals surface area contributed by atoms with Gasteiger partial charge in [0.1, 0.15) is 23.1 Å². The second-order valence-electron chi connectivity index (χ2n) is 6.09. The van der Waals surface area contributed by atoms with Crippen LogP contribution >= 0.6 is 11.3 Å². The van der Waals surface area contributed by atoms with Gasteiger partial charge in [-0.25, -0.2) is 13.7 Å². The average Bonchev–Trinajstić information content (AvgIpc) is 3.30. The zero-order valence-corrected chi connectivity index (χ0v) is 15.9. The topological polar surface area (TPSA) is 58.6 Å². The summed E-state index contributed by atoms with van der Waals surface area (Å²) in [7, 11) is 1.48. The van der Waals surface area contributed by atoms with E-state index in [1.54, 1.807) is 41.8 Å². The predicted molar refractivity (Wildman–Crippen MR) is 107 cm³/mol. The van der Waals surface area contributed by atoms with Crippen LogP contribution in [0.5, 0.6) is 5.75 Å². The third kappa shape index (κ3) is 3.27. The number of halogens is 2. The van der Waals surface area contributed by atoms with Crippen molar-refractivity contribution in [3.63, 3.8) is 0 Å². The van der Waals surface area contributed by atoms with Crippen LogP contribution in [0.15, 0.2) is 65.7 Å². The summed E-state index contributed by atoms with van der Waals surface area (Å²) in [6.45, 7) is 0. The molecule has 0 spiro atoms. The van der Waals surface area contributed by atoms with Gasteiger partial charge in [-0.05, 0) is 35.7 Å². The summed E-state index contributed by atoms with van der Waals surface area (Å²) in [5, 5.41) is 4.73. The van der Waals surface area contributed by atoms with Crippen molar-refractivity contribution in [1.82, 2.24) is 0 Å². The molecule has 1 aromatic heterocycles. The van der Waals surface area contributed by atoms with E-state index in [1.807, 2.05) is 0 Å². The molecule has 0 saturated carbocycles. The fourth-order valence-electron chi connectivity index (χ4n) is 3.06. The number of hydrogen-bond donors (Lipinski definition) is 1. The average molecular weight is 412 g/mol. The molecule has 2 aromatic carbocycles. The zero-order chi connectivity index (χ0) is 20.5. The molecule has 29 heavy (non-hydrogen) atoms. The first-order chi connectivity index (χ1) is 14.0. The quantitative estimate of drug-likeness (QED) is 0.630. The third-order valence-corrected chi connectivity index (χ3v) is 5.26. The van der Waals surface area contributed by atoms with E-state index in [0.29, 0.717) is 27.3 Å². The maximum absolute atomic E-state index is 14.3. The number of nitrogens with one attached hydrogen (secondary N) is 1. The number of methoxy groups -OCH3 is 1. The van der Waals surface area contributed by atoms with Gasteiger partial charge in [-0.15, -0.1) is 11.3 Å². The molecule has 0 fully saturated rings. The highest BCUT2D eigenvalue weighted by atomic mass is 32.1. The van der Waals surface area contributed by atoms with Crippen molar-refractivity contribution in [3.8, 4) is 5.75 Å². The third-order valence-electron chi connectivity index (χ3n) is 4.37. The Hall–Kier alpha value is -3.52. The first kappa shape index (κ1) is 18.8. The predicted octanol–water partition coefficient (Wildman–Crippen LogP) is 4.43. The van der Waals surface area contributed by atoms with Gasteiger partial charge >= 0.3 is 0 Å². The van der Waals surface area contributed by atoms with Crippen molar-refractivity contribution in [2.75, 3.05) is 17.3 Å². The Labute approximate surface area is 168 Å². The highest BCUT2D eigenvalue weighted by molar-refractivity contribution is 7.11. The fourth-order valence-corrected chi connectivity index (χ4v) is 3.83. The molecule has 4 rings (SSSR count). The van der Waals surface area contributed by atoms with Gasteiger partial charge in [0.25, 0.3) is 11.8 Å². The number of carbonyl (C=O) groups excluding carboxylic acids is 2. The van der Waals surface area contributed by atoms with E-state index in [4.69, 9.17) is 4.74 Å². The van der Waals surface area contributed by atoms with Crippen LogP contribution in [0.2, 0.25) is 0 Å². The molecule has 0 aliphatic carbocycles. The van der Waals surface area contributed by atoms with Crippen molar-refractivity contribution in [2.24, 2.45) is 0 Å². The minimum absolute atomic E-state index is 0.00863. The number of thiophene rings is 1. The summed E-state index contributed by atoms with van der Waals surface area (Å²) in [5.74, 6) is -2.77. The Kier molecular flexibility index (Phi) is 4.85. The molecular weight excluding hydrogens is 398 g/mol. The van der Waals surface area contributed by atoms with E-state index in [9.17, 15) is 18.4 Å². The van der Waals surface area contributed by atoms with Gasteiger partial charge in [0.15, 0.2) is 0 Å². The molecule has 0 unspecified atom stereocenters. The molecule has 0 bridgehead atoms. The molecular formula is C21H14F2N2O3S.